The molecule has 1 rings (SSSR count). The topological polar surface area (TPSA) is 24.9 Å². The van der Waals surface area contributed by atoms with Crippen molar-refractivity contribution in [3.8, 4) is 0 Å². The van der Waals surface area contributed by atoms with E-state index in [-0.39, 0.29) is 0 Å². The summed E-state index contributed by atoms with van der Waals surface area (Å²) in [5.74, 6) is 0. The van der Waals surface area contributed by atoms with E-state index >= 15 is 0 Å². The second-order valence-electron chi connectivity index (χ2n) is 4.74. The molecular formula is C15H26N2. The molecule has 0 aliphatic rings. The van der Waals surface area contributed by atoms with Crippen LogP contribution in [0, 0.1) is 6.92 Å². The van der Waals surface area contributed by atoms with Gasteiger partial charge < -0.3 is 5.32 Å². The highest BCUT2D eigenvalue weighted by molar-refractivity contribution is 5.17. The minimum Gasteiger partial charge on any atom is -0.310 e. The van der Waals surface area contributed by atoms with E-state index < -0.39 is 0 Å². The summed E-state index contributed by atoms with van der Waals surface area (Å²) in [6, 6.07) is 4.80. The first-order valence-corrected chi connectivity index (χ1v) is 6.93. The number of rotatable bonds is 8. The highest BCUT2D eigenvalue weighted by Crippen LogP contribution is 2.19. The lowest BCUT2D eigenvalue weighted by molar-refractivity contribution is 0.473. The first-order valence-electron chi connectivity index (χ1n) is 6.93. The maximum absolute atomic E-state index is 4.40. The van der Waals surface area contributed by atoms with E-state index in [1.54, 1.807) is 0 Å². The SMILES string of the molecule is CCCCCC(NCCC)c1ccc(C)nc1. The predicted molar refractivity (Wildman–Crippen MR) is 74.2 cm³/mol. The van der Waals surface area contributed by atoms with Crippen LogP contribution in [-0.4, -0.2) is 11.5 Å². The molecule has 0 saturated carbocycles. The average molecular weight is 234 g/mol. The van der Waals surface area contributed by atoms with E-state index in [1.165, 1.54) is 37.7 Å². The van der Waals surface area contributed by atoms with E-state index in [9.17, 15) is 0 Å². The maximum atomic E-state index is 4.40. The van der Waals surface area contributed by atoms with Crippen LogP contribution in [0.25, 0.3) is 0 Å². The van der Waals surface area contributed by atoms with Crippen LogP contribution >= 0.6 is 0 Å². The molecule has 2 heteroatoms. The first-order chi connectivity index (χ1) is 8.27. The van der Waals surface area contributed by atoms with Crippen LogP contribution in [-0.2, 0) is 0 Å². The second kappa shape index (κ2) is 8.24. The molecule has 0 aromatic carbocycles. The fraction of sp³-hybridized carbons (Fsp3) is 0.667. The van der Waals surface area contributed by atoms with Crippen molar-refractivity contribution in [3.05, 3.63) is 29.6 Å². The Kier molecular flexibility index (Phi) is 6.87. The molecule has 0 bridgehead atoms. The fourth-order valence-corrected chi connectivity index (χ4v) is 1.99. The van der Waals surface area contributed by atoms with E-state index in [0.29, 0.717) is 6.04 Å². The number of aryl methyl sites for hydroxylation is 1. The van der Waals surface area contributed by atoms with Gasteiger partial charge >= 0.3 is 0 Å². The Labute approximate surface area is 106 Å². The van der Waals surface area contributed by atoms with Crippen molar-refractivity contribution in [2.45, 2.75) is 58.9 Å². The van der Waals surface area contributed by atoms with Crippen LogP contribution in [0.3, 0.4) is 0 Å². The van der Waals surface area contributed by atoms with Crippen molar-refractivity contribution in [1.82, 2.24) is 10.3 Å². The summed E-state index contributed by atoms with van der Waals surface area (Å²) in [5.41, 5.74) is 2.43. The second-order valence-corrected chi connectivity index (χ2v) is 4.74. The van der Waals surface area contributed by atoms with Crippen LogP contribution in [0.5, 0.6) is 0 Å². The van der Waals surface area contributed by atoms with Crippen molar-refractivity contribution in [1.29, 1.82) is 0 Å². The summed E-state index contributed by atoms with van der Waals surface area (Å²) in [5, 5.41) is 3.62. The van der Waals surface area contributed by atoms with Gasteiger partial charge in [-0.25, -0.2) is 0 Å². The molecule has 1 aromatic rings. The molecule has 1 aromatic heterocycles. The van der Waals surface area contributed by atoms with Crippen molar-refractivity contribution in [2.75, 3.05) is 6.54 Å². The smallest absolute Gasteiger partial charge is 0.0372 e. The summed E-state index contributed by atoms with van der Waals surface area (Å²) < 4.78 is 0. The van der Waals surface area contributed by atoms with Gasteiger partial charge in [-0.05, 0) is 37.9 Å². The molecular weight excluding hydrogens is 208 g/mol. The van der Waals surface area contributed by atoms with Crippen LogP contribution < -0.4 is 5.32 Å². The number of hydrogen-bond donors (Lipinski definition) is 1. The third kappa shape index (κ3) is 5.31. The Bertz CT molecular complexity index is 292. The summed E-state index contributed by atoms with van der Waals surface area (Å²) >= 11 is 0. The zero-order chi connectivity index (χ0) is 12.5. The van der Waals surface area contributed by atoms with Crippen molar-refractivity contribution < 1.29 is 0 Å². The molecule has 1 atom stereocenters. The lowest BCUT2D eigenvalue weighted by Gasteiger charge is -2.18. The molecule has 96 valence electrons. The molecule has 0 saturated heterocycles. The van der Waals surface area contributed by atoms with E-state index in [1.807, 2.05) is 13.1 Å². The summed E-state index contributed by atoms with van der Waals surface area (Å²) in [4.78, 5) is 4.40. The number of aromatic nitrogens is 1. The minimum atomic E-state index is 0.481. The van der Waals surface area contributed by atoms with Gasteiger partial charge in [0.1, 0.15) is 0 Å². The molecule has 0 amide bonds. The quantitative estimate of drug-likeness (QED) is 0.687. The highest BCUT2D eigenvalue weighted by atomic mass is 14.9. The number of unbranched alkanes of at least 4 members (excludes halogenated alkanes) is 2. The average Bonchev–Trinajstić information content (AvgIpc) is 2.35. The summed E-state index contributed by atoms with van der Waals surface area (Å²) in [7, 11) is 0. The fourth-order valence-electron chi connectivity index (χ4n) is 1.99. The van der Waals surface area contributed by atoms with Gasteiger partial charge in [0.15, 0.2) is 0 Å². The molecule has 1 N–H and O–H groups in total. The van der Waals surface area contributed by atoms with Gasteiger partial charge in [0.05, 0.1) is 0 Å². The third-order valence-corrected chi connectivity index (χ3v) is 3.07. The predicted octanol–water partition coefficient (Wildman–Crippen LogP) is 4.01. The van der Waals surface area contributed by atoms with Gasteiger partial charge in [0.2, 0.25) is 0 Å². The standard InChI is InChI=1S/C15H26N2/c1-4-6-7-8-15(16-11-5-2)14-10-9-13(3)17-12-14/h9-10,12,15-16H,4-8,11H2,1-3H3. The van der Waals surface area contributed by atoms with E-state index in [0.717, 1.165) is 12.2 Å². The Morgan fingerprint density at radius 1 is 1.18 bits per heavy atom. The number of nitrogens with zero attached hydrogens (tertiary/aromatic N) is 1. The van der Waals surface area contributed by atoms with Gasteiger partial charge in [-0.1, -0.05) is 39.2 Å². The van der Waals surface area contributed by atoms with E-state index in [2.05, 4.69) is 36.3 Å². The molecule has 0 fully saturated rings. The molecule has 2 nitrogen and oxygen atoms in total. The van der Waals surface area contributed by atoms with Gasteiger partial charge in [0.25, 0.3) is 0 Å². The molecule has 1 heterocycles. The first kappa shape index (κ1) is 14.2. The van der Waals surface area contributed by atoms with Crippen LogP contribution in [0.2, 0.25) is 0 Å². The molecule has 0 aliphatic heterocycles. The van der Waals surface area contributed by atoms with Crippen LogP contribution in [0.4, 0.5) is 0 Å². The lowest BCUT2D eigenvalue weighted by atomic mass is 10.0. The van der Waals surface area contributed by atoms with Crippen molar-refractivity contribution in [3.63, 3.8) is 0 Å². The zero-order valence-corrected chi connectivity index (χ0v) is 11.5. The maximum Gasteiger partial charge on any atom is 0.0372 e. The molecule has 0 aliphatic carbocycles. The van der Waals surface area contributed by atoms with E-state index in [4.69, 9.17) is 0 Å². The van der Waals surface area contributed by atoms with Gasteiger partial charge in [-0.3, -0.25) is 4.98 Å². The molecule has 0 spiro atoms. The Balaban J connectivity index is 2.57. The Morgan fingerprint density at radius 2 is 2.00 bits per heavy atom. The number of nitrogens with one attached hydrogen (secondary N) is 1. The summed E-state index contributed by atoms with van der Waals surface area (Å²) in [6.45, 7) is 7.59. The summed E-state index contributed by atoms with van der Waals surface area (Å²) in [6.07, 6.45) is 8.33. The van der Waals surface area contributed by atoms with Gasteiger partial charge in [-0.2, -0.15) is 0 Å². The number of pyridine rings is 1. The largest absolute Gasteiger partial charge is 0.310 e. The Morgan fingerprint density at radius 3 is 2.59 bits per heavy atom. The number of hydrogen-bond acceptors (Lipinski definition) is 2. The monoisotopic (exact) mass is 234 g/mol. The molecule has 1 unspecified atom stereocenters. The van der Waals surface area contributed by atoms with Crippen molar-refractivity contribution in [2.24, 2.45) is 0 Å². The Hall–Kier alpha value is -0.890. The third-order valence-electron chi connectivity index (χ3n) is 3.07. The molecule has 0 radical (unpaired) electrons. The van der Waals surface area contributed by atoms with Crippen LogP contribution in [0.15, 0.2) is 18.3 Å². The van der Waals surface area contributed by atoms with Crippen LogP contribution in [0.1, 0.15) is 63.3 Å². The van der Waals surface area contributed by atoms with Gasteiger partial charge in [0, 0.05) is 17.9 Å². The zero-order valence-electron chi connectivity index (χ0n) is 11.5. The molecule has 17 heavy (non-hydrogen) atoms. The lowest BCUT2D eigenvalue weighted by Crippen LogP contribution is -2.22. The normalized spacial score (nSPS) is 12.6. The highest BCUT2D eigenvalue weighted by Gasteiger charge is 2.10. The van der Waals surface area contributed by atoms with Crippen molar-refractivity contribution >= 4 is 0 Å². The van der Waals surface area contributed by atoms with Gasteiger partial charge in [-0.15, -0.1) is 0 Å². The minimum absolute atomic E-state index is 0.481.